The Morgan fingerprint density at radius 3 is 2.69 bits per heavy atom. The van der Waals surface area contributed by atoms with E-state index in [-0.39, 0.29) is 5.91 Å². The van der Waals surface area contributed by atoms with E-state index in [9.17, 15) is 10.1 Å². The summed E-state index contributed by atoms with van der Waals surface area (Å²) in [7, 11) is 1.67. The molecule has 0 unspecified atom stereocenters. The van der Waals surface area contributed by atoms with Crippen LogP contribution >= 0.6 is 0 Å². The number of hydrogen-bond acceptors (Lipinski definition) is 4. The Bertz CT molecular complexity index is 1180. The summed E-state index contributed by atoms with van der Waals surface area (Å²) >= 11 is 0. The molecule has 0 spiro atoms. The van der Waals surface area contributed by atoms with E-state index < -0.39 is 0 Å². The van der Waals surface area contributed by atoms with Crippen molar-refractivity contribution in [2.75, 3.05) is 31.6 Å². The van der Waals surface area contributed by atoms with Crippen LogP contribution in [0.3, 0.4) is 0 Å². The summed E-state index contributed by atoms with van der Waals surface area (Å²) in [5.41, 5.74) is 3.95. The molecule has 6 heteroatoms. The van der Waals surface area contributed by atoms with Gasteiger partial charge in [0.1, 0.15) is 11.8 Å². The summed E-state index contributed by atoms with van der Waals surface area (Å²) in [5, 5.41) is 10.4. The second-order valence-corrected chi connectivity index (χ2v) is 8.70. The van der Waals surface area contributed by atoms with Gasteiger partial charge in [-0.05, 0) is 43.5 Å². The number of carbonyl (C=O) groups is 1. The minimum Gasteiger partial charge on any atom is -0.495 e. The lowest BCUT2D eigenvalue weighted by atomic mass is 10.0. The number of piperidine rings is 1. The lowest BCUT2D eigenvalue weighted by molar-refractivity contribution is -0.118. The van der Waals surface area contributed by atoms with E-state index in [1.54, 1.807) is 7.11 Å². The number of anilines is 1. The molecular weight excluding hydrogens is 400 g/mol. The van der Waals surface area contributed by atoms with Gasteiger partial charge in [0.15, 0.2) is 0 Å². The number of methoxy groups -OCH3 is 1. The SMILES string of the molecule is COc1cccc2c(C#N)cn(CCCN3CCC(N4C(=O)Cc5ccccc54)CC3)c12. The first kappa shape index (κ1) is 20.6. The molecule has 2 aliphatic rings. The Kier molecular flexibility index (Phi) is 5.59. The van der Waals surface area contributed by atoms with Crippen LogP contribution in [0.5, 0.6) is 5.75 Å². The molecule has 164 valence electrons. The number of ether oxygens (including phenoxy) is 1. The van der Waals surface area contributed by atoms with Gasteiger partial charge in [-0.25, -0.2) is 0 Å². The topological polar surface area (TPSA) is 61.5 Å². The normalized spacial score (nSPS) is 17.0. The summed E-state index contributed by atoms with van der Waals surface area (Å²) in [6.07, 6.45) is 5.51. The molecular formula is C26H28N4O2. The summed E-state index contributed by atoms with van der Waals surface area (Å²) < 4.78 is 7.70. The van der Waals surface area contributed by atoms with Crippen molar-refractivity contribution in [3.05, 3.63) is 59.8 Å². The number of rotatable bonds is 6. The number of aromatic nitrogens is 1. The van der Waals surface area contributed by atoms with Crippen molar-refractivity contribution < 1.29 is 9.53 Å². The number of fused-ring (bicyclic) bond motifs is 2. The minimum absolute atomic E-state index is 0.242. The summed E-state index contributed by atoms with van der Waals surface area (Å²) in [6, 6.07) is 16.7. The Labute approximate surface area is 188 Å². The second-order valence-electron chi connectivity index (χ2n) is 8.70. The standard InChI is InChI=1S/C26H28N4O2/c1-32-24-9-4-7-22-20(17-27)18-29(26(22)24)13-5-12-28-14-10-21(11-15-28)30-23-8-3-2-6-19(23)16-25(30)31/h2-4,6-9,18,21H,5,10-16H2,1H3. The third-order valence-electron chi connectivity index (χ3n) is 6.86. The predicted molar refractivity (Wildman–Crippen MR) is 125 cm³/mol. The highest BCUT2D eigenvalue weighted by Gasteiger charge is 2.34. The van der Waals surface area contributed by atoms with Gasteiger partial charge in [0.05, 0.1) is 24.6 Å². The lowest BCUT2D eigenvalue weighted by Gasteiger charge is -2.37. The van der Waals surface area contributed by atoms with Crippen LogP contribution in [0.1, 0.15) is 30.4 Å². The van der Waals surface area contributed by atoms with E-state index >= 15 is 0 Å². The van der Waals surface area contributed by atoms with E-state index in [0.717, 1.165) is 73.3 Å². The molecule has 1 fully saturated rings. The zero-order chi connectivity index (χ0) is 22.1. The van der Waals surface area contributed by atoms with Gasteiger partial charge < -0.3 is 19.1 Å². The quantitative estimate of drug-likeness (QED) is 0.596. The molecule has 32 heavy (non-hydrogen) atoms. The van der Waals surface area contributed by atoms with Crippen LogP contribution in [-0.4, -0.2) is 48.2 Å². The lowest BCUT2D eigenvalue weighted by Crippen LogP contribution is -2.46. The monoisotopic (exact) mass is 428 g/mol. The van der Waals surface area contributed by atoms with Crippen LogP contribution in [0.25, 0.3) is 10.9 Å². The number of likely N-dealkylation sites (tertiary alicyclic amines) is 1. The van der Waals surface area contributed by atoms with Crippen LogP contribution in [0.4, 0.5) is 5.69 Å². The molecule has 0 atom stereocenters. The third-order valence-corrected chi connectivity index (χ3v) is 6.86. The molecule has 1 aromatic heterocycles. The average Bonchev–Trinajstić information content (AvgIpc) is 3.36. The van der Waals surface area contributed by atoms with Crippen LogP contribution in [0.15, 0.2) is 48.7 Å². The molecule has 1 saturated heterocycles. The number of benzene rings is 2. The van der Waals surface area contributed by atoms with Gasteiger partial charge >= 0.3 is 0 Å². The maximum Gasteiger partial charge on any atom is 0.231 e. The fourth-order valence-electron chi connectivity index (χ4n) is 5.30. The summed E-state index contributed by atoms with van der Waals surface area (Å²) in [4.78, 5) is 17.2. The molecule has 5 rings (SSSR count). The number of hydrogen-bond donors (Lipinski definition) is 0. The van der Waals surface area contributed by atoms with E-state index in [1.165, 1.54) is 0 Å². The zero-order valence-corrected chi connectivity index (χ0v) is 18.5. The first-order chi connectivity index (χ1) is 15.7. The molecule has 1 amide bonds. The number of aryl methyl sites for hydroxylation is 1. The Morgan fingerprint density at radius 1 is 1.09 bits per heavy atom. The van der Waals surface area contributed by atoms with Gasteiger partial charge in [0.25, 0.3) is 0 Å². The third kappa shape index (κ3) is 3.63. The molecule has 3 heterocycles. The number of nitrogens with zero attached hydrogens (tertiary/aromatic N) is 4. The largest absolute Gasteiger partial charge is 0.495 e. The Hall–Kier alpha value is -3.30. The van der Waals surface area contributed by atoms with Crippen molar-refractivity contribution in [1.29, 1.82) is 5.26 Å². The number of amides is 1. The van der Waals surface area contributed by atoms with Gasteiger partial charge in [0, 0.05) is 42.9 Å². The molecule has 2 aliphatic heterocycles. The summed E-state index contributed by atoms with van der Waals surface area (Å²) in [5.74, 6) is 1.05. The number of para-hydroxylation sites is 2. The molecule has 0 N–H and O–H groups in total. The molecule has 3 aromatic rings. The Balaban J connectivity index is 1.19. The smallest absolute Gasteiger partial charge is 0.231 e. The highest BCUT2D eigenvalue weighted by Crippen LogP contribution is 2.33. The highest BCUT2D eigenvalue weighted by molar-refractivity contribution is 6.01. The second kappa shape index (κ2) is 8.68. The van der Waals surface area contributed by atoms with Crippen LogP contribution < -0.4 is 9.64 Å². The van der Waals surface area contributed by atoms with E-state index in [1.807, 2.05) is 41.4 Å². The van der Waals surface area contributed by atoms with E-state index in [4.69, 9.17) is 4.74 Å². The van der Waals surface area contributed by atoms with E-state index in [0.29, 0.717) is 18.0 Å². The molecule has 0 bridgehead atoms. The van der Waals surface area contributed by atoms with Crippen LogP contribution in [0, 0.1) is 11.3 Å². The first-order valence-corrected chi connectivity index (χ1v) is 11.4. The maximum atomic E-state index is 12.6. The van der Waals surface area contributed by atoms with Crippen LogP contribution in [-0.2, 0) is 17.8 Å². The van der Waals surface area contributed by atoms with Gasteiger partial charge in [-0.15, -0.1) is 0 Å². The molecule has 0 aliphatic carbocycles. The van der Waals surface area contributed by atoms with Gasteiger partial charge in [-0.3, -0.25) is 4.79 Å². The molecule has 6 nitrogen and oxygen atoms in total. The van der Waals surface area contributed by atoms with Crippen molar-refractivity contribution in [2.24, 2.45) is 0 Å². The fourth-order valence-corrected chi connectivity index (χ4v) is 5.30. The van der Waals surface area contributed by atoms with Crippen molar-refractivity contribution >= 4 is 22.5 Å². The average molecular weight is 429 g/mol. The summed E-state index contributed by atoms with van der Waals surface area (Å²) in [6.45, 7) is 3.87. The Morgan fingerprint density at radius 2 is 1.91 bits per heavy atom. The van der Waals surface area contributed by atoms with Gasteiger partial charge in [-0.1, -0.05) is 30.3 Å². The van der Waals surface area contributed by atoms with Crippen molar-refractivity contribution in [3.8, 4) is 11.8 Å². The van der Waals surface area contributed by atoms with Crippen molar-refractivity contribution in [3.63, 3.8) is 0 Å². The van der Waals surface area contributed by atoms with Gasteiger partial charge in [-0.2, -0.15) is 5.26 Å². The zero-order valence-electron chi connectivity index (χ0n) is 18.5. The minimum atomic E-state index is 0.242. The fraction of sp³-hybridized carbons (Fsp3) is 0.385. The van der Waals surface area contributed by atoms with Crippen molar-refractivity contribution in [1.82, 2.24) is 9.47 Å². The highest BCUT2D eigenvalue weighted by atomic mass is 16.5. The molecule has 0 saturated carbocycles. The maximum absolute atomic E-state index is 12.6. The first-order valence-electron chi connectivity index (χ1n) is 11.4. The molecule has 2 aromatic carbocycles. The number of carbonyl (C=O) groups excluding carboxylic acids is 1. The number of nitriles is 1. The van der Waals surface area contributed by atoms with E-state index in [2.05, 4.69) is 27.7 Å². The molecule has 0 radical (unpaired) electrons. The van der Waals surface area contributed by atoms with Crippen LogP contribution in [0.2, 0.25) is 0 Å². The van der Waals surface area contributed by atoms with Gasteiger partial charge in [0.2, 0.25) is 5.91 Å². The van der Waals surface area contributed by atoms with Crippen molar-refractivity contribution in [2.45, 2.75) is 38.3 Å². The predicted octanol–water partition coefficient (Wildman–Crippen LogP) is 3.97.